The summed E-state index contributed by atoms with van der Waals surface area (Å²) in [7, 11) is 0. The van der Waals surface area contributed by atoms with E-state index in [2.05, 4.69) is 16.0 Å². The summed E-state index contributed by atoms with van der Waals surface area (Å²) >= 11 is 0. The van der Waals surface area contributed by atoms with Crippen LogP contribution in [0.1, 0.15) is 39.5 Å². The predicted octanol–water partition coefficient (Wildman–Crippen LogP) is 4.64. The topological polar surface area (TPSA) is 96.2 Å². The van der Waals surface area contributed by atoms with Gasteiger partial charge in [0.05, 0.1) is 17.4 Å². The Morgan fingerprint density at radius 1 is 0.967 bits per heavy atom. The molecule has 3 aromatic carbocycles. The number of urea groups is 1. The SMILES string of the molecule is Cc1ccc(NC(=O)NC2CCc3cc(C(=O)Nc4ccccc4N)ccc32)cc1. The number of nitrogens with one attached hydrogen (secondary N) is 3. The minimum atomic E-state index is -0.238. The first-order valence-corrected chi connectivity index (χ1v) is 9.92. The van der Waals surface area contributed by atoms with Gasteiger partial charge in [0.2, 0.25) is 0 Å². The van der Waals surface area contributed by atoms with Crippen molar-refractivity contribution in [1.29, 1.82) is 0 Å². The molecule has 0 aliphatic heterocycles. The van der Waals surface area contributed by atoms with Gasteiger partial charge in [0, 0.05) is 11.3 Å². The molecule has 5 N–H and O–H groups in total. The molecule has 1 aliphatic rings. The molecule has 1 aliphatic carbocycles. The van der Waals surface area contributed by atoms with Crippen molar-refractivity contribution in [2.24, 2.45) is 0 Å². The first-order valence-electron chi connectivity index (χ1n) is 9.92. The summed E-state index contributed by atoms with van der Waals surface area (Å²) in [4.78, 5) is 25.0. The standard InChI is InChI=1S/C24H24N4O2/c1-15-6-10-18(11-7-15)26-24(30)28-21-13-9-16-14-17(8-12-19(16)21)23(29)27-22-5-3-2-4-20(22)25/h2-8,10-12,14,21H,9,13,25H2,1H3,(H,27,29)(H2,26,28,30). The number of hydrogen-bond donors (Lipinski definition) is 4. The van der Waals surface area contributed by atoms with Crippen molar-refractivity contribution >= 4 is 29.0 Å². The number of fused-ring (bicyclic) bond motifs is 1. The maximum Gasteiger partial charge on any atom is 0.319 e. The van der Waals surface area contributed by atoms with Gasteiger partial charge in [-0.25, -0.2) is 4.79 Å². The third-order valence-electron chi connectivity index (χ3n) is 5.31. The number of carbonyl (C=O) groups is 2. The number of benzene rings is 3. The number of nitrogen functional groups attached to an aromatic ring is 1. The van der Waals surface area contributed by atoms with E-state index in [0.29, 0.717) is 16.9 Å². The highest BCUT2D eigenvalue weighted by Gasteiger charge is 2.25. The first kappa shape index (κ1) is 19.5. The second-order valence-electron chi connectivity index (χ2n) is 7.51. The van der Waals surface area contributed by atoms with Gasteiger partial charge in [-0.3, -0.25) is 4.79 Å². The van der Waals surface area contributed by atoms with E-state index in [0.717, 1.165) is 35.2 Å². The van der Waals surface area contributed by atoms with Crippen molar-refractivity contribution < 1.29 is 9.59 Å². The van der Waals surface area contributed by atoms with Gasteiger partial charge >= 0.3 is 6.03 Å². The second-order valence-corrected chi connectivity index (χ2v) is 7.51. The van der Waals surface area contributed by atoms with Gasteiger partial charge in [-0.1, -0.05) is 35.9 Å². The lowest BCUT2D eigenvalue weighted by molar-refractivity contribution is 0.102. The third-order valence-corrected chi connectivity index (χ3v) is 5.31. The minimum absolute atomic E-state index is 0.0765. The molecule has 0 fully saturated rings. The van der Waals surface area contributed by atoms with Crippen molar-refractivity contribution in [3.8, 4) is 0 Å². The highest BCUT2D eigenvalue weighted by molar-refractivity contribution is 6.05. The van der Waals surface area contributed by atoms with E-state index in [-0.39, 0.29) is 18.0 Å². The quantitative estimate of drug-likeness (QED) is 0.481. The van der Waals surface area contributed by atoms with Crippen molar-refractivity contribution in [1.82, 2.24) is 5.32 Å². The molecule has 152 valence electrons. The first-order chi connectivity index (χ1) is 14.5. The van der Waals surface area contributed by atoms with E-state index >= 15 is 0 Å². The fraction of sp³-hybridized carbons (Fsp3) is 0.167. The van der Waals surface area contributed by atoms with E-state index in [9.17, 15) is 9.59 Å². The van der Waals surface area contributed by atoms with E-state index in [1.165, 1.54) is 0 Å². The molecule has 6 nitrogen and oxygen atoms in total. The summed E-state index contributed by atoms with van der Waals surface area (Å²) in [6, 6.07) is 20.1. The molecule has 4 rings (SSSR count). The summed E-state index contributed by atoms with van der Waals surface area (Å²) in [6.07, 6.45) is 1.60. The molecular formula is C24H24N4O2. The zero-order chi connectivity index (χ0) is 21.1. The lowest BCUT2D eigenvalue weighted by Gasteiger charge is -2.15. The van der Waals surface area contributed by atoms with Crippen molar-refractivity contribution in [3.63, 3.8) is 0 Å². The smallest absolute Gasteiger partial charge is 0.319 e. The molecule has 30 heavy (non-hydrogen) atoms. The molecule has 0 radical (unpaired) electrons. The van der Waals surface area contributed by atoms with Crippen LogP contribution in [0.3, 0.4) is 0 Å². The van der Waals surface area contributed by atoms with Gasteiger partial charge in [-0.05, 0) is 67.3 Å². The molecule has 0 saturated carbocycles. The Morgan fingerprint density at radius 2 is 1.73 bits per heavy atom. The molecule has 0 spiro atoms. The molecule has 6 heteroatoms. The minimum Gasteiger partial charge on any atom is -0.397 e. The average molecular weight is 400 g/mol. The number of nitrogens with two attached hydrogens (primary N) is 1. The Balaban J connectivity index is 1.41. The van der Waals surface area contributed by atoms with E-state index in [4.69, 9.17) is 5.73 Å². The summed E-state index contributed by atoms with van der Waals surface area (Å²) < 4.78 is 0. The van der Waals surface area contributed by atoms with Crippen molar-refractivity contribution in [3.05, 3.63) is 89.0 Å². The third kappa shape index (κ3) is 4.27. The van der Waals surface area contributed by atoms with Gasteiger partial charge in [-0.15, -0.1) is 0 Å². The highest BCUT2D eigenvalue weighted by atomic mass is 16.2. The second kappa shape index (κ2) is 8.29. The number of amides is 3. The summed E-state index contributed by atoms with van der Waals surface area (Å²) in [5, 5.41) is 8.74. The van der Waals surface area contributed by atoms with Crippen LogP contribution in [0.2, 0.25) is 0 Å². The Bertz CT molecular complexity index is 1090. The van der Waals surface area contributed by atoms with Gasteiger partial charge < -0.3 is 21.7 Å². The molecule has 0 bridgehead atoms. The van der Waals surface area contributed by atoms with Gasteiger partial charge in [-0.2, -0.15) is 0 Å². The van der Waals surface area contributed by atoms with Gasteiger partial charge in [0.15, 0.2) is 0 Å². The number of para-hydroxylation sites is 2. The Morgan fingerprint density at radius 3 is 2.50 bits per heavy atom. The fourth-order valence-corrected chi connectivity index (χ4v) is 3.68. The van der Waals surface area contributed by atoms with Crippen LogP contribution in [0.5, 0.6) is 0 Å². The molecule has 0 aromatic heterocycles. The zero-order valence-electron chi connectivity index (χ0n) is 16.7. The average Bonchev–Trinajstić information content (AvgIpc) is 3.13. The van der Waals surface area contributed by atoms with E-state index in [1.807, 2.05) is 55.5 Å². The van der Waals surface area contributed by atoms with Crippen LogP contribution in [0.25, 0.3) is 0 Å². The molecule has 3 amide bonds. The molecular weight excluding hydrogens is 376 g/mol. The van der Waals surface area contributed by atoms with E-state index < -0.39 is 0 Å². The number of anilines is 3. The number of rotatable bonds is 4. The largest absolute Gasteiger partial charge is 0.397 e. The van der Waals surface area contributed by atoms with Crippen LogP contribution in [0, 0.1) is 6.92 Å². The number of aryl methyl sites for hydroxylation is 2. The Hall–Kier alpha value is -3.80. The molecule has 1 atom stereocenters. The van der Waals surface area contributed by atoms with Crippen molar-refractivity contribution in [2.75, 3.05) is 16.4 Å². The molecule has 0 saturated heterocycles. The fourth-order valence-electron chi connectivity index (χ4n) is 3.68. The number of carbonyl (C=O) groups excluding carboxylic acids is 2. The van der Waals surface area contributed by atoms with Crippen LogP contribution in [-0.4, -0.2) is 11.9 Å². The van der Waals surface area contributed by atoms with Gasteiger partial charge in [0.1, 0.15) is 0 Å². The lowest BCUT2D eigenvalue weighted by atomic mass is 10.0. The highest BCUT2D eigenvalue weighted by Crippen LogP contribution is 2.32. The molecule has 3 aromatic rings. The van der Waals surface area contributed by atoms with Crippen LogP contribution in [-0.2, 0) is 6.42 Å². The molecule has 1 unspecified atom stereocenters. The van der Waals surface area contributed by atoms with Crippen LogP contribution >= 0.6 is 0 Å². The van der Waals surface area contributed by atoms with Crippen LogP contribution in [0.4, 0.5) is 21.9 Å². The van der Waals surface area contributed by atoms with Gasteiger partial charge in [0.25, 0.3) is 5.91 Å². The summed E-state index contributed by atoms with van der Waals surface area (Å²) in [5.41, 5.74) is 11.6. The number of hydrogen-bond acceptors (Lipinski definition) is 3. The molecule has 0 heterocycles. The summed E-state index contributed by atoms with van der Waals surface area (Å²) in [5.74, 6) is -0.204. The van der Waals surface area contributed by atoms with Crippen LogP contribution < -0.4 is 21.7 Å². The monoisotopic (exact) mass is 400 g/mol. The Labute approximate surface area is 175 Å². The zero-order valence-corrected chi connectivity index (χ0v) is 16.7. The predicted molar refractivity (Wildman–Crippen MR) is 120 cm³/mol. The lowest BCUT2D eigenvalue weighted by Crippen LogP contribution is -2.31. The van der Waals surface area contributed by atoms with Crippen LogP contribution in [0.15, 0.2) is 66.7 Å². The van der Waals surface area contributed by atoms with E-state index in [1.54, 1.807) is 18.2 Å². The normalized spacial score (nSPS) is 14.6. The maximum atomic E-state index is 12.6. The maximum absolute atomic E-state index is 12.6. The Kier molecular flexibility index (Phi) is 5.39. The summed E-state index contributed by atoms with van der Waals surface area (Å²) in [6.45, 7) is 2.00. The van der Waals surface area contributed by atoms with Crippen molar-refractivity contribution in [2.45, 2.75) is 25.8 Å².